The van der Waals surface area contributed by atoms with E-state index in [1.807, 2.05) is 37.3 Å². The molecule has 7 heteroatoms. The predicted molar refractivity (Wildman–Crippen MR) is 122 cm³/mol. The molecular weight excluding hydrogens is 388 g/mol. The number of benzene rings is 1. The van der Waals surface area contributed by atoms with Gasteiger partial charge in [-0.1, -0.05) is 12.1 Å². The molecule has 0 radical (unpaired) electrons. The second-order valence-corrected chi connectivity index (χ2v) is 8.11. The standard InChI is InChI=1S/C24H26N6O/c1-16-14-30-10-7-18(11-22(30)29-16)15-31-23-12-17(5-8-26-23)13-28-21-4-2-3-20-19(21)6-9-27-24(20)25/h2-6,8-9,12,14,18,28H,7,10-11,13,15H2,1H3,(H2,25,27). The van der Waals surface area contributed by atoms with Crippen molar-refractivity contribution in [2.24, 2.45) is 5.92 Å². The Morgan fingerprint density at radius 2 is 2.06 bits per heavy atom. The van der Waals surface area contributed by atoms with Crippen LogP contribution in [0.5, 0.6) is 5.88 Å². The number of fused-ring (bicyclic) bond motifs is 2. The van der Waals surface area contributed by atoms with Crippen molar-refractivity contribution in [1.82, 2.24) is 19.5 Å². The summed E-state index contributed by atoms with van der Waals surface area (Å²) in [5.41, 5.74) is 9.23. The van der Waals surface area contributed by atoms with Crippen LogP contribution in [0.3, 0.4) is 0 Å². The highest BCUT2D eigenvalue weighted by molar-refractivity contribution is 5.99. The third-order valence-electron chi connectivity index (χ3n) is 5.82. The van der Waals surface area contributed by atoms with Crippen LogP contribution in [0.4, 0.5) is 11.5 Å². The molecular formula is C24H26N6O. The number of hydrogen-bond donors (Lipinski definition) is 2. The van der Waals surface area contributed by atoms with E-state index in [0.29, 0.717) is 30.8 Å². The molecule has 0 aliphatic carbocycles. The second kappa shape index (κ2) is 8.26. The number of rotatable bonds is 6. The maximum atomic E-state index is 6.05. The molecule has 3 N–H and O–H groups in total. The Bertz CT molecular complexity index is 1220. The Balaban J connectivity index is 1.22. The molecule has 4 aromatic rings. The molecule has 5 rings (SSSR count). The smallest absolute Gasteiger partial charge is 0.213 e. The summed E-state index contributed by atoms with van der Waals surface area (Å²) in [6, 6.07) is 12.0. The van der Waals surface area contributed by atoms with E-state index in [1.165, 1.54) is 0 Å². The lowest BCUT2D eigenvalue weighted by Gasteiger charge is -2.23. The topological polar surface area (TPSA) is 90.9 Å². The van der Waals surface area contributed by atoms with Gasteiger partial charge in [0.25, 0.3) is 0 Å². The van der Waals surface area contributed by atoms with E-state index >= 15 is 0 Å². The summed E-state index contributed by atoms with van der Waals surface area (Å²) >= 11 is 0. The number of nitrogens with zero attached hydrogens (tertiary/aromatic N) is 4. The lowest BCUT2D eigenvalue weighted by Crippen LogP contribution is -2.24. The van der Waals surface area contributed by atoms with Gasteiger partial charge in [-0.05, 0) is 37.1 Å². The average Bonchev–Trinajstić information content (AvgIpc) is 3.16. The molecule has 0 amide bonds. The van der Waals surface area contributed by atoms with E-state index in [4.69, 9.17) is 10.5 Å². The maximum absolute atomic E-state index is 6.05. The fraction of sp³-hybridized carbons (Fsp3) is 0.292. The number of nitrogens with one attached hydrogen (secondary N) is 1. The summed E-state index contributed by atoms with van der Waals surface area (Å²) in [6.07, 6.45) is 7.72. The number of ether oxygens (including phenoxy) is 1. The Hall–Kier alpha value is -3.61. The number of aryl methyl sites for hydroxylation is 2. The molecule has 1 aromatic carbocycles. The van der Waals surface area contributed by atoms with E-state index in [1.54, 1.807) is 12.4 Å². The second-order valence-electron chi connectivity index (χ2n) is 8.11. The number of anilines is 2. The highest BCUT2D eigenvalue weighted by Crippen LogP contribution is 2.27. The molecule has 4 heterocycles. The summed E-state index contributed by atoms with van der Waals surface area (Å²) < 4.78 is 8.30. The quantitative estimate of drug-likeness (QED) is 0.496. The van der Waals surface area contributed by atoms with Crippen molar-refractivity contribution in [2.45, 2.75) is 32.9 Å². The zero-order chi connectivity index (χ0) is 21.2. The summed E-state index contributed by atoms with van der Waals surface area (Å²) in [7, 11) is 0. The number of pyridine rings is 2. The van der Waals surface area contributed by atoms with Crippen LogP contribution >= 0.6 is 0 Å². The van der Waals surface area contributed by atoms with Gasteiger partial charge >= 0.3 is 0 Å². The number of nitrogen functional groups attached to an aromatic ring is 1. The Morgan fingerprint density at radius 3 is 3.00 bits per heavy atom. The first-order valence-corrected chi connectivity index (χ1v) is 10.6. The lowest BCUT2D eigenvalue weighted by molar-refractivity contribution is 0.212. The molecule has 1 atom stereocenters. The van der Waals surface area contributed by atoms with Crippen LogP contribution in [0.25, 0.3) is 10.8 Å². The third kappa shape index (κ3) is 4.17. The van der Waals surface area contributed by atoms with Gasteiger partial charge in [0.1, 0.15) is 11.6 Å². The van der Waals surface area contributed by atoms with Crippen molar-refractivity contribution in [2.75, 3.05) is 17.7 Å². The van der Waals surface area contributed by atoms with Crippen molar-refractivity contribution in [3.63, 3.8) is 0 Å². The highest BCUT2D eigenvalue weighted by Gasteiger charge is 2.20. The Kier molecular flexibility index (Phi) is 5.16. The summed E-state index contributed by atoms with van der Waals surface area (Å²) in [5.74, 6) is 2.83. The van der Waals surface area contributed by atoms with Crippen molar-refractivity contribution in [3.8, 4) is 5.88 Å². The van der Waals surface area contributed by atoms with Crippen LogP contribution in [0, 0.1) is 12.8 Å². The number of nitrogens with two attached hydrogens (primary N) is 1. The van der Waals surface area contributed by atoms with Gasteiger partial charge in [0.15, 0.2) is 0 Å². The van der Waals surface area contributed by atoms with E-state index in [2.05, 4.69) is 37.1 Å². The monoisotopic (exact) mass is 414 g/mol. The molecule has 0 fully saturated rings. The minimum absolute atomic E-state index is 0.465. The van der Waals surface area contributed by atoms with Crippen molar-refractivity contribution in [3.05, 3.63) is 72.1 Å². The zero-order valence-electron chi connectivity index (χ0n) is 17.6. The van der Waals surface area contributed by atoms with Crippen LogP contribution in [-0.2, 0) is 19.5 Å². The van der Waals surface area contributed by atoms with Crippen molar-refractivity contribution < 1.29 is 4.74 Å². The van der Waals surface area contributed by atoms with Crippen LogP contribution in [-0.4, -0.2) is 26.1 Å². The average molecular weight is 415 g/mol. The zero-order valence-corrected chi connectivity index (χ0v) is 17.6. The van der Waals surface area contributed by atoms with E-state index in [9.17, 15) is 0 Å². The van der Waals surface area contributed by atoms with Gasteiger partial charge in [-0.3, -0.25) is 0 Å². The van der Waals surface area contributed by atoms with Gasteiger partial charge in [0.05, 0.1) is 12.3 Å². The highest BCUT2D eigenvalue weighted by atomic mass is 16.5. The van der Waals surface area contributed by atoms with Crippen LogP contribution in [0.2, 0.25) is 0 Å². The molecule has 0 saturated heterocycles. The number of hydrogen-bond acceptors (Lipinski definition) is 6. The van der Waals surface area contributed by atoms with Crippen LogP contribution in [0.15, 0.2) is 55.0 Å². The summed E-state index contributed by atoms with van der Waals surface area (Å²) in [5, 5.41) is 5.51. The van der Waals surface area contributed by atoms with Gasteiger partial charge < -0.3 is 20.4 Å². The molecule has 31 heavy (non-hydrogen) atoms. The minimum Gasteiger partial charge on any atom is -0.477 e. The van der Waals surface area contributed by atoms with E-state index < -0.39 is 0 Å². The van der Waals surface area contributed by atoms with Gasteiger partial charge in [-0.2, -0.15) is 0 Å². The molecule has 0 bridgehead atoms. The fourth-order valence-electron chi connectivity index (χ4n) is 4.20. The third-order valence-corrected chi connectivity index (χ3v) is 5.82. The molecule has 1 unspecified atom stereocenters. The Labute approximate surface area is 181 Å². The minimum atomic E-state index is 0.465. The van der Waals surface area contributed by atoms with Crippen molar-refractivity contribution in [1.29, 1.82) is 0 Å². The fourth-order valence-corrected chi connectivity index (χ4v) is 4.20. The molecule has 3 aromatic heterocycles. The Morgan fingerprint density at radius 1 is 1.16 bits per heavy atom. The first-order chi connectivity index (χ1) is 15.2. The van der Waals surface area contributed by atoms with Gasteiger partial charge in [0.2, 0.25) is 5.88 Å². The molecule has 0 saturated carbocycles. The number of imidazole rings is 1. The van der Waals surface area contributed by atoms with Gasteiger partial charge in [-0.25, -0.2) is 15.0 Å². The lowest BCUT2D eigenvalue weighted by atomic mass is 9.99. The molecule has 1 aliphatic heterocycles. The van der Waals surface area contributed by atoms with Crippen molar-refractivity contribution >= 4 is 22.3 Å². The number of aromatic nitrogens is 4. The summed E-state index contributed by atoms with van der Waals surface area (Å²) in [4.78, 5) is 13.2. The largest absolute Gasteiger partial charge is 0.477 e. The van der Waals surface area contributed by atoms with Gasteiger partial charge in [0, 0.05) is 66.5 Å². The first kappa shape index (κ1) is 19.4. The molecule has 7 nitrogen and oxygen atoms in total. The molecule has 0 spiro atoms. The normalized spacial score (nSPS) is 15.6. The SMILES string of the molecule is Cc1cn2c(n1)CC(COc1cc(CNc3cccc4c(N)nccc34)ccn1)CC2. The molecule has 1 aliphatic rings. The van der Waals surface area contributed by atoms with Gasteiger partial charge in [-0.15, -0.1) is 0 Å². The first-order valence-electron chi connectivity index (χ1n) is 10.6. The predicted octanol–water partition coefficient (Wildman–Crippen LogP) is 3.97. The maximum Gasteiger partial charge on any atom is 0.213 e. The molecule has 158 valence electrons. The van der Waals surface area contributed by atoms with Crippen LogP contribution < -0.4 is 15.8 Å². The summed E-state index contributed by atoms with van der Waals surface area (Å²) in [6.45, 7) is 4.38. The van der Waals surface area contributed by atoms with E-state index in [-0.39, 0.29) is 0 Å². The van der Waals surface area contributed by atoms with E-state index in [0.717, 1.165) is 52.9 Å². The van der Waals surface area contributed by atoms with Crippen LogP contribution in [0.1, 0.15) is 23.5 Å².